The lowest BCUT2D eigenvalue weighted by atomic mass is 10.1. The smallest absolute Gasteiger partial charge is 0.417 e. The maximum absolute atomic E-state index is 12.4. The van der Waals surface area contributed by atoms with Crippen LogP contribution in [-0.2, 0) is 11.0 Å². The fourth-order valence-corrected chi connectivity index (χ4v) is 1.79. The van der Waals surface area contributed by atoms with Crippen molar-refractivity contribution in [3.63, 3.8) is 0 Å². The van der Waals surface area contributed by atoms with Crippen molar-refractivity contribution in [1.82, 2.24) is 4.98 Å². The number of anilines is 1. The molecule has 0 aliphatic heterocycles. The van der Waals surface area contributed by atoms with Crippen molar-refractivity contribution in [1.29, 1.82) is 0 Å². The van der Waals surface area contributed by atoms with Crippen molar-refractivity contribution < 1.29 is 23.1 Å². The summed E-state index contributed by atoms with van der Waals surface area (Å²) in [5.41, 5.74) is -0.911. The Morgan fingerprint density at radius 1 is 1.55 bits per heavy atom. The molecule has 1 aromatic rings. The highest BCUT2D eigenvalue weighted by Crippen LogP contribution is 2.32. The van der Waals surface area contributed by atoms with Gasteiger partial charge < -0.3 is 10.4 Å². The number of alkyl halides is 3. The van der Waals surface area contributed by atoms with Crippen LogP contribution >= 0.6 is 11.6 Å². The Hall–Kier alpha value is -1.50. The number of rotatable bonds is 6. The van der Waals surface area contributed by atoms with Gasteiger partial charge in [-0.2, -0.15) is 13.2 Å². The molecule has 20 heavy (non-hydrogen) atoms. The first-order chi connectivity index (χ1) is 9.20. The minimum atomic E-state index is -4.48. The van der Waals surface area contributed by atoms with Crippen molar-refractivity contribution in [3.05, 3.63) is 22.8 Å². The van der Waals surface area contributed by atoms with E-state index in [9.17, 15) is 18.0 Å². The summed E-state index contributed by atoms with van der Waals surface area (Å²) >= 11 is 5.74. The third-order valence-corrected chi connectivity index (χ3v) is 2.87. The summed E-state index contributed by atoms with van der Waals surface area (Å²) in [6.07, 6.45) is -2.73. The Morgan fingerprint density at radius 3 is 2.70 bits per heavy atom. The Balaban J connectivity index is 2.62. The van der Waals surface area contributed by atoms with E-state index in [1.54, 1.807) is 6.92 Å². The van der Waals surface area contributed by atoms with Crippen molar-refractivity contribution in [2.45, 2.75) is 38.4 Å². The molecule has 8 heteroatoms. The van der Waals surface area contributed by atoms with Gasteiger partial charge >= 0.3 is 12.1 Å². The second-order valence-corrected chi connectivity index (χ2v) is 4.79. The van der Waals surface area contributed by atoms with Gasteiger partial charge in [-0.15, -0.1) is 0 Å². The number of carboxylic acids is 1. The Morgan fingerprint density at radius 2 is 2.20 bits per heavy atom. The molecule has 0 radical (unpaired) electrons. The summed E-state index contributed by atoms with van der Waals surface area (Å²) in [6, 6.07) is 0.664. The molecule has 0 bridgehead atoms. The summed E-state index contributed by atoms with van der Waals surface area (Å²) in [5.74, 6) is -0.731. The molecule has 0 saturated heterocycles. The number of pyridine rings is 1. The van der Waals surface area contributed by atoms with Gasteiger partial charge in [0.05, 0.1) is 10.6 Å². The van der Waals surface area contributed by atoms with Gasteiger partial charge in [0.2, 0.25) is 0 Å². The lowest BCUT2D eigenvalue weighted by Crippen LogP contribution is -2.17. The molecule has 1 aromatic heterocycles. The van der Waals surface area contributed by atoms with Crippen LogP contribution in [0.4, 0.5) is 19.0 Å². The average molecular weight is 311 g/mol. The second-order valence-electron chi connectivity index (χ2n) is 4.38. The molecule has 0 spiro atoms. The zero-order valence-corrected chi connectivity index (χ0v) is 11.4. The zero-order chi connectivity index (χ0) is 15.3. The van der Waals surface area contributed by atoms with Crippen molar-refractivity contribution in [2.75, 3.05) is 5.32 Å². The summed E-state index contributed by atoms with van der Waals surface area (Å²) in [5, 5.41) is 11.2. The lowest BCUT2D eigenvalue weighted by molar-refractivity contribution is -0.138. The molecule has 1 atom stereocenters. The maximum Gasteiger partial charge on any atom is 0.417 e. The standard InChI is InChI=1S/C12H14ClF3N2O2/c1-7(3-2-4-10(19)20)18-11-9(13)5-8(6-17-11)12(14,15)16/h5-7H,2-4H2,1H3,(H,17,18)(H,19,20). The molecule has 1 heterocycles. The van der Waals surface area contributed by atoms with E-state index in [1.807, 2.05) is 0 Å². The van der Waals surface area contributed by atoms with Gasteiger partial charge in [-0.3, -0.25) is 4.79 Å². The minimum absolute atomic E-state index is 0.0419. The number of carbonyl (C=O) groups is 1. The van der Waals surface area contributed by atoms with Gasteiger partial charge in [-0.25, -0.2) is 4.98 Å². The van der Waals surface area contributed by atoms with Crippen LogP contribution in [0.25, 0.3) is 0 Å². The Labute approximate surface area is 119 Å². The molecule has 1 unspecified atom stereocenters. The van der Waals surface area contributed by atoms with E-state index in [0.29, 0.717) is 19.0 Å². The third-order valence-electron chi connectivity index (χ3n) is 2.58. The van der Waals surface area contributed by atoms with E-state index in [0.717, 1.165) is 6.07 Å². The fraction of sp³-hybridized carbons (Fsp3) is 0.500. The van der Waals surface area contributed by atoms with E-state index in [4.69, 9.17) is 16.7 Å². The number of hydrogen-bond donors (Lipinski definition) is 2. The van der Waals surface area contributed by atoms with Crippen LogP contribution in [0.15, 0.2) is 12.3 Å². The quantitative estimate of drug-likeness (QED) is 0.838. The van der Waals surface area contributed by atoms with Gasteiger partial charge in [0, 0.05) is 18.7 Å². The summed E-state index contributed by atoms with van der Waals surface area (Å²) < 4.78 is 37.3. The van der Waals surface area contributed by atoms with Crippen LogP contribution < -0.4 is 5.32 Å². The summed E-state index contributed by atoms with van der Waals surface area (Å²) in [6.45, 7) is 1.78. The molecule has 0 aromatic carbocycles. The predicted molar refractivity (Wildman–Crippen MR) is 68.8 cm³/mol. The van der Waals surface area contributed by atoms with E-state index < -0.39 is 17.7 Å². The molecule has 0 amide bonds. The van der Waals surface area contributed by atoms with Gasteiger partial charge in [0.1, 0.15) is 5.82 Å². The number of halogens is 4. The zero-order valence-electron chi connectivity index (χ0n) is 10.7. The number of nitrogens with one attached hydrogen (secondary N) is 1. The molecular formula is C12H14ClF3N2O2. The van der Waals surface area contributed by atoms with Crippen molar-refractivity contribution >= 4 is 23.4 Å². The number of aliphatic carboxylic acids is 1. The molecule has 4 nitrogen and oxygen atoms in total. The monoisotopic (exact) mass is 310 g/mol. The Kier molecular flexibility index (Phi) is 5.62. The number of aromatic nitrogens is 1. The molecule has 0 fully saturated rings. The number of nitrogens with zero attached hydrogens (tertiary/aromatic N) is 1. The van der Waals surface area contributed by atoms with Crippen molar-refractivity contribution in [2.24, 2.45) is 0 Å². The molecule has 1 rings (SSSR count). The van der Waals surface area contributed by atoms with E-state index in [-0.39, 0.29) is 23.3 Å². The molecule has 0 aliphatic carbocycles. The summed E-state index contributed by atoms with van der Waals surface area (Å²) in [7, 11) is 0. The number of carboxylic acid groups (broad SMARTS) is 1. The largest absolute Gasteiger partial charge is 0.481 e. The highest BCUT2D eigenvalue weighted by atomic mass is 35.5. The minimum Gasteiger partial charge on any atom is -0.481 e. The Bertz CT molecular complexity index is 480. The normalized spacial score (nSPS) is 13.1. The lowest BCUT2D eigenvalue weighted by Gasteiger charge is -2.16. The van der Waals surface area contributed by atoms with Gasteiger partial charge in [0.25, 0.3) is 0 Å². The first-order valence-corrected chi connectivity index (χ1v) is 6.29. The van der Waals surface area contributed by atoms with Crippen LogP contribution in [0.3, 0.4) is 0 Å². The van der Waals surface area contributed by atoms with E-state index in [1.165, 1.54) is 0 Å². The van der Waals surface area contributed by atoms with E-state index in [2.05, 4.69) is 10.3 Å². The average Bonchev–Trinajstić information content (AvgIpc) is 2.29. The molecule has 2 N–H and O–H groups in total. The van der Waals surface area contributed by atoms with Crippen LogP contribution in [0.1, 0.15) is 31.7 Å². The first-order valence-electron chi connectivity index (χ1n) is 5.91. The molecule has 0 aliphatic rings. The van der Waals surface area contributed by atoms with Crippen LogP contribution in [0.5, 0.6) is 0 Å². The van der Waals surface area contributed by atoms with Crippen LogP contribution in [0, 0.1) is 0 Å². The molecule has 0 saturated carbocycles. The molecular weight excluding hydrogens is 297 g/mol. The second kappa shape index (κ2) is 6.78. The fourth-order valence-electron chi connectivity index (χ4n) is 1.56. The highest BCUT2D eigenvalue weighted by Gasteiger charge is 2.31. The van der Waals surface area contributed by atoms with Gasteiger partial charge in [0.15, 0.2) is 0 Å². The third kappa shape index (κ3) is 5.24. The number of hydrogen-bond acceptors (Lipinski definition) is 3. The topological polar surface area (TPSA) is 62.2 Å². The highest BCUT2D eigenvalue weighted by molar-refractivity contribution is 6.32. The summed E-state index contributed by atoms with van der Waals surface area (Å²) in [4.78, 5) is 14.0. The predicted octanol–water partition coefficient (Wildman–Crippen LogP) is 3.81. The van der Waals surface area contributed by atoms with Crippen molar-refractivity contribution in [3.8, 4) is 0 Å². The van der Waals surface area contributed by atoms with Crippen LogP contribution in [-0.4, -0.2) is 22.1 Å². The maximum atomic E-state index is 12.4. The SMILES string of the molecule is CC(CCCC(=O)O)Nc1ncc(C(F)(F)F)cc1Cl. The first kappa shape index (κ1) is 16.6. The van der Waals surface area contributed by atoms with Gasteiger partial charge in [-0.05, 0) is 25.8 Å². The van der Waals surface area contributed by atoms with Gasteiger partial charge in [-0.1, -0.05) is 11.6 Å². The molecule has 112 valence electrons. The van der Waals surface area contributed by atoms with E-state index >= 15 is 0 Å². The van der Waals surface area contributed by atoms with Crippen LogP contribution in [0.2, 0.25) is 5.02 Å².